The third-order valence-corrected chi connectivity index (χ3v) is 6.73. The molecule has 1 fully saturated rings. The highest BCUT2D eigenvalue weighted by molar-refractivity contribution is 7.15. The number of nitrogens with zero attached hydrogens (tertiary/aromatic N) is 1. The summed E-state index contributed by atoms with van der Waals surface area (Å²) in [6, 6.07) is 3.33. The van der Waals surface area contributed by atoms with Gasteiger partial charge in [0.25, 0.3) is 5.56 Å². The van der Waals surface area contributed by atoms with Gasteiger partial charge >= 0.3 is 5.69 Å². The van der Waals surface area contributed by atoms with Gasteiger partial charge in [-0.15, -0.1) is 23.7 Å². The van der Waals surface area contributed by atoms with E-state index in [1.807, 2.05) is 6.07 Å². The van der Waals surface area contributed by atoms with Crippen LogP contribution in [0, 0.1) is 12.7 Å². The van der Waals surface area contributed by atoms with E-state index in [9.17, 15) is 14.0 Å². The van der Waals surface area contributed by atoms with E-state index in [0.29, 0.717) is 16.6 Å². The molecule has 0 radical (unpaired) electrons. The molecule has 1 aromatic carbocycles. The van der Waals surface area contributed by atoms with Crippen LogP contribution < -0.4 is 17.0 Å². The number of aromatic nitrogens is 2. The predicted molar refractivity (Wildman–Crippen MR) is 108 cm³/mol. The Balaban J connectivity index is 0.00000180. The Morgan fingerprint density at radius 1 is 1.26 bits per heavy atom. The van der Waals surface area contributed by atoms with Crippen LogP contribution in [0.25, 0.3) is 21.3 Å². The summed E-state index contributed by atoms with van der Waals surface area (Å²) in [6.07, 6.45) is 3.64. The van der Waals surface area contributed by atoms with Crippen molar-refractivity contribution in [3.05, 3.63) is 54.8 Å². The molecular formula is C19H19ClFN3O2S. The Kier molecular flexibility index (Phi) is 4.29. The summed E-state index contributed by atoms with van der Waals surface area (Å²) in [5.74, 6) is -0.435. The fourth-order valence-corrected chi connectivity index (χ4v) is 5.43. The lowest BCUT2D eigenvalue weighted by Gasteiger charge is -2.14. The zero-order chi connectivity index (χ0) is 18.2. The Morgan fingerprint density at radius 3 is 2.67 bits per heavy atom. The minimum absolute atomic E-state index is 0. The summed E-state index contributed by atoms with van der Waals surface area (Å²) in [6.45, 7) is 1.79. The van der Waals surface area contributed by atoms with E-state index in [1.165, 1.54) is 10.9 Å². The predicted octanol–water partition coefficient (Wildman–Crippen LogP) is 3.57. The Labute approximate surface area is 164 Å². The van der Waals surface area contributed by atoms with Crippen molar-refractivity contribution < 1.29 is 4.39 Å². The number of rotatable bonds is 2. The number of hydrogen-bond donors (Lipinski definition) is 2. The van der Waals surface area contributed by atoms with E-state index < -0.39 is 17.1 Å². The Hall–Kier alpha value is -1.96. The molecule has 2 heterocycles. The van der Waals surface area contributed by atoms with E-state index >= 15 is 0 Å². The van der Waals surface area contributed by atoms with Crippen LogP contribution in [-0.2, 0) is 6.42 Å². The van der Waals surface area contributed by atoms with Crippen LogP contribution in [0.3, 0.4) is 0 Å². The van der Waals surface area contributed by atoms with Gasteiger partial charge in [-0.2, -0.15) is 0 Å². The van der Waals surface area contributed by atoms with E-state index in [1.54, 1.807) is 22.8 Å². The number of nitrogens with two attached hydrogens (primary N) is 1. The van der Waals surface area contributed by atoms with Gasteiger partial charge in [-0.3, -0.25) is 14.3 Å². The number of H-pyrrole nitrogens is 1. The highest BCUT2D eigenvalue weighted by Gasteiger charge is 2.30. The van der Waals surface area contributed by atoms with Gasteiger partial charge in [0, 0.05) is 27.4 Å². The third kappa shape index (κ3) is 2.68. The van der Waals surface area contributed by atoms with E-state index in [-0.39, 0.29) is 29.9 Å². The molecule has 0 amide bonds. The van der Waals surface area contributed by atoms with Gasteiger partial charge < -0.3 is 5.73 Å². The normalized spacial score (nSPS) is 18.6. The average Bonchev–Trinajstić information content (AvgIpc) is 3.24. The number of benzene rings is 1. The summed E-state index contributed by atoms with van der Waals surface area (Å²) in [5.41, 5.74) is 7.95. The molecule has 1 atom stereocenters. The lowest BCUT2D eigenvalue weighted by Crippen LogP contribution is -2.30. The molecule has 2 aromatic heterocycles. The standard InChI is InChI=1S/C19H18FN3O2S.ClH/c1-8-16(15-7-10-13(21)4-5-14(10)26-15)12(20)6-11-17(8)23(9-2-3-9)19(25)22-18(11)24;/h6-7,9,13H,2-5,21H2,1H3,(H,22,24,25);1H. The molecule has 0 aliphatic heterocycles. The molecule has 2 aliphatic rings. The van der Waals surface area contributed by atoms with Crippen LogP contribution in [0.1, 0.15) is 47.4 Å². The van der Waals surface area contributed by atoms with Crippen LogP contribution in [0.15, 0.2) is 21.7 Å². The van der Waals surface area contributed by atoms with Crippen LogP contribution in [0.4, 0.5) is 4.39 Å². The van der Waals surface area contributed by atoms with Crippen LogP contribution in [0.5, 0.6) is 0 Å². The number of fused-ring (bicyclic) bond motifs is 2. The van der Waals surface area contributed by atoms with E-state index in [4.69, 9.17) is 5.73 Å². The molecule has 1 saturated carbocycles. The molecule has 5 nitrogen and oxygen atoms in total. The minimum Gasteiger partial charge on any atom is -0.324 e. The average molecular weight is 408 g/mol. The number of aromatic amines is 1. The largest absolute Gasteiger partial charge is 0.329 e. The van der Waals surface area contributed by atoms with Gasteiger partial charge in [0.2, 0.25) is 0 Å². The van der Waals surface area contributed by atoms with Crippen molar-refractivity contribution in [2.45, 2.75) is 44.7 Å². The second-order valence-electron chi connectivity index (χ2n) is 7.25. The molecule has 2 aliphatic carbocycles. The number of aryl methyl sites for hydroxylation is 2. The van der Waals surface area contributed by atoms with Gasteiger partial charge in [0.15, 0.2) is 0 Å². The monoisotopic (exact) mass is 407 g/mol. The first-order chi connectivity index (χ1) is 12.5. The maximum Gasteiger partial charge on any atom is 0.329 e. The maximum atomic E-state index is 15.0. The van der Waals surface area contributed by atoms with Crippen molar-refractivity contribution in [2.75, 3.05) is 0 Å². The van der Waals surface area contributed by atoms with Crippen molar-refractivity contribution in [2.24, 2.45) is 5.73 Å². The first-order valence-corrected chi connectivity index (χ1v) is 9.63. The Morgan fingerprint density at radius 2 is 2.00 bits per heavy atom. The van der Waals surface area contributed by atoms with Crippen molar-refractivity contribution in [3.63, 3.8) is 0 Å². The molecule has 27 heavy (non-hydrogen) atoms. The van der Waals surface area contributed by atoms with Crippen LogP contribution in [0.2, 0.25) is 0 Å². The second kappa shape index (κ2) is 6.29. The summed E-state index contributed by atoms with van der Waals surface area (Å²) in [5, 5.41) is 0.232. The molecule has 0 saturated heterocycles. The highest BCUT2D eigenvalue weighted by atomic mass is 35.5. The van der Waals surface area contributed by atoms with Gasteiger partial charge in [0.1, 0.15) is 5.82 Å². The lowest BCUT2D eigenvalue weighted by atomic mass is 10.0. The molecule has 3 aromatic rings. The third-order valence-electron chi connectivity index (χ3n) is 5.50. The highest BCUT2D eigenvalue weighted by Crippen LogP contribution is 2.44. The molecular weight excluding hydrogens is 389 g/mol. The van der Waals surface area contributed by atoms with E-state index in [2.05, 4.69) is 4.98 Å². The molecule has 5 rings (SSSR count). The first kappa shape index (κ1) is 18.4. The smallest absolute Gasteiger partial charge is 0.324 e. The molecule has 1 unspecified atom stereocenters. The van der Waals surface area contributed by atoms with Crippen LogP contribution >= 0.6 is 23.7 Å². The molecule has 0 bridgehead atoms. The number of halogens is 2. The van der Waals surface area contributed by atoms with E-state index in [0.717, 1.165) is 36.1 Å². The topological polar surface area (TPSA) is 80.9 Å². The Bertz CT molecular complexity index is 1190. The van der Waals surface area contributed by atoms with Gasteiger partial charge in [-0.25, -0.2) is 9.18 Å². The minimum atomic E-state index is -0.536. The second-order valence-corrected chi connectivity index (χ2v) is 8.39. The van der Waals surface area contributed by atoms with Crippen molar-refractivity contribution >= 4 is 34.6 Å². The summed E-state index contributed by atoms with van der Waals surface area (Å²) in [4.78, 5) is 29.0. The van der Waals surface area contributed by atoms with Gasteiger partial charge in [-0.05, 0) is 55.9 Å². The number of thiophene rings is 1. The summed E-state index contributed by atoms with van der Waals surface area (Å²) >= 11 is 1.56. The summed E-state index contributed by atoms with van der Waals surface area (Å²) < 4.78 is 16.6. The number of nitrogens with one attached hydrogen (secondary N) is 1. The molecule has 3 N–H and O–H groups in total. The first-order valence-electron chi connectivity index (χ1n) is 8.82. The summed E-state index contributed by atoms with van der Waals surface area (Å²) in [7, 11) is 0. The quantitative estimate of drug-likeness (QED) is 0.681. The SMILES string of the molecule is Cc1c(-c2cc3c(s2)CCC3N)c(F)cc2c(=O)[nH]c(=O)n(C3CC3)c12.Cl. The lowest BCUT2D eigenvalue weighted by molar-refractivity contribution is 0.630. The van der Waals surface area contributed by atoms with Gasteiger partial charge in [0.05, 0.1) is 10.9 Å². The zero-order valence-electron chi connectivity index (χ0n) is 14.7. The fraction of sp³-hybridized carbons (Fsp3) is 0.368. The number of hydrogen-bond acceptors (Lipinski definition) is 4. The zero-order valence-corrected chi connectivity index (χ0v) is 16.3. The van der Waals surface area contributed by atoms with Crippen LogP contribution in [-0.4, -0.2) is 9.55 Å². The maximum absolute atomic E-state index is 15.0. The van der Waals surface area contributed by atoms with Gasteiger partial charge in [-0.1, -0.05) is 0 Å². The molecule has 0 spiro atoms. The molecule has 142 valence electrons. The van der Waals surface area contributed by atoms with Crippen molar-refractivity contribution in [3.8, 4) is 10.4 Å². The van der Waals surface area contributed by atoms with Crippen molar-refractivity contribution in [1.82, 2.24) is 9.55 Å². The van der Waals surface area contributed by atoms with Crippen molar-refractivity contribution in [1.29, 1.82) is 0 Å². The fourth-order valence-electron chi connectivity index (χ4n) is 4.08. The molecule has 8 heteroatoms.